The average Bonchev–Trinajstić information content (AvgIpc) is 2.44. The van der Waals surface area contributed by atoms with Gasteiger partial charge in [-0.3, -0.25) is 4.79 Å². The third-order valence-corrected chi connectivity index (χ3v) is 3.88. The summed E-state index contributed by atoms with van der Waals surface area (Å²) >= 11 is 3.19. The lowest BCUT2D eigenvalue weighted by Gasteiger charge is -2.30. The fourth-order valence-corrected chi connectivity index (χ4v) is 2.88. The van der Waals surface area contributed by atoms with E-state index < -0.39 is 11.9 Å². The second kappa shape index (κ2) is 6.89. The first-order valence-electron chi connectivity index (χ1n) is 6.66. The van der Waals surface area contributed by atoms with Gasteiger partial charge in [0.15, 0.2) is 0 Å². The minimum Gasteiger partial charge on any atom is -0.481 e. The summed E-state index contributed by atoms with van der Waals surface area (Å²) in [6, 6.07) is 4.09. The van der Waals surface area contributed by atoms with Crippen LogP contribution in [0, 0.1) is 11.7 Å². The Morgan fingerprint density at radius 2 is 2.19 bits per heavy atom. The first kappa shape index (κ1) is 15.8. The molecule has 0 spiro atoms. The zero-order chi connectivity index (χ0) is 15.4. The number of benzene rings is 1. The van der Waals surface area contributed by atoms with Crippen LogP contribution in [0.3, 0.4) is 0 Å². The number of carboxylic acid groups (broad SMARTS) is 1. The van der Waals surface area contributed by atoms with Gasteiger partial charge in [0.05, 0.1) is 5.92 Å². The van der Waals surface area contributed by atoms with Gasteiger partial charge in [-0.05, 0) is 36.6 Å². The van der Waals surface area contributed by atoms with Crippen LogP contribution in [0.4, 0.5) is 9.18 Å². The minimum atomic E-state index is -0.874. The number of hydrogen-bond donors (Lipinski definition) is 2. The van der Waals surface area contributed by atoms with Crippen molar-refractivity contribution < 1.29 is 19.1 Å². The number of rotatable bonds is 3. The van der Waals surface area contributed by atoms with Gasteiger partial charge in [0.2, 0.25) is 0 Å². The highest BCUT2D eigenvalue weighted by atomic mass is 79.9. The van der Waals surface area contributed by atoms with Crippen molar-refractivity contribution in [3.8, 4) is 0 Å². The third kappa shape index (κ3) is 4.42. The molecule has 0 bridgehead atoms. The van der Waals surface area contributed by atoms with Crippen LogP contribution >= 0.6 is 15.9 Å². The van der Waals surface area contributed by atoms with Crippen molar-refractivity contribution in [1.29, 1.82) is 0 Å². The molecule has 1 aliphatic heterocycles. The first-order valence-corrected chi connectivity index (χ1v) is 7.45. The number of carboxylic acids is 1. The van der Waals surface area contributed by atoms with E-state index >= 15 is 0 Å². The van der Waals surface area contributed by atoms with E-state index in [9.17, 15) is 14.0 Å². The molecule has 1 heterocycles. The van der Waals surface area contributed by atoms with Crippen LogP contribution in [0.1, 0.15) is 18.4 Å². The number of amides is 2. The summed E-state index contributed by atoms with van der Waals surface area (Å²) in [6.45, 7) is 0.958. The van der Waals surface area contributed by atoms with Crippen molar-refractivity contribution in [2.45, 2.75) is 19.4 Å². The average molecular weight is 359 g/mol. The number of nitrogens with one attached hydrogen (secondary N) is 1. The number of likely N-dealkylation sites (tertiary alicyclic amines) is 1. The van der Waals surface area contributed by atoms with Gasteiger partial charge in [0.25, 0.3) is 0 Å². The quantitative estimate of drug-likeness (QED) is 0.872. The van der Waals surface area contributed by atoms with Gasteiger partial charge in [0.1, 0.15) is 5.82 Å². The molecule has 0 aromatic heterocycles. The number of hydrogen-bond acceptors (Lipinski definition) is 2. The molecule has 2 amide bonds. The molecule has 2 rings (SSSR count). The Labute approximate surface area is 130 Å². The fraction of sp³-hybridized carbons (Fsp3) is 0.429. The number of carbonyl (C=O) groups is 2. The van der Waals surface area contributed by atoms with E-state index in [1.807, 2.05) is 0 Å². The number of carbonyl (C=O) groups excluding carboxylic acids is 1. The van der Waals surface area contributed by atoms with Crippen LogP contribution in [-0.4, -0.2) is 35.1 Å². The second-order valence-corrected chi connectivity index (χ2v) is 5.98. The van der Waals surface area contributed by atoms with Crippen LogP contribution < -0.4 is 5.32 Å². The molecule has 1 atom stereocenters. The highest BCUT2D eigenvalue weighted by molar-refractivity contribution is 9.10. The van der Waals surface area contributed by atoms with Crippen LogP contribution in [0.5, 0.6) is 0 Å². The Hall–Kier alpha value is -1.63. The lowest BCUT2D eigenvalue weighted by atomic mass is 9.99. The van der Waals surface area contributed by atoms with Crippen LogP contribution in [-0.2, 0) is 11.3 Å². The van der Waals surface area contributed by atoms with Crippen LogP contribution in [0.25, 0.3) is 0 Å². The Morgan fingerprint density at radius 3 is 2.86 bits per heavy atom. The van der Waals surface area contributed by atoms with Crippen molar-refractivity contribution in [3.05, 3.63) is 34.1 Å². The molecule has 2 N–H and O–H groups in total. The zero-order valence-corrected chi connectivity index (χ0v) is 12.9. The molecule has 1 aliphatic rings. The Bertz CT molecular complexity index is 533. The number of halogens is 2. The van der Waals surface area contributed by atoms with E-state index in [2.05, 4.69) is 21.2 Å². The van der Waals surface area contributed by atoms with Gasteiger partial charge in [-0.1, -0.05) is 15.9 Å². The summed E-state index contributed by atoms with van der Waals surface area (Å²) < 4.78 is 13.8. The van der Waals surface area contributed by atoms with Gasteiger partial charge in [-0.2, -0.15) is 0 Å². The molecule has 0 saturated carbocycles. The van der Waals surface area contributed by atoms with Crippen molar-refractivity contribution in [3.63, 3.8) is 0 Å². The number of urea groups is 1. The van der Waals surface area contributed by atoms with Gasteiger partial charge in [-0.15, -0.1) is 0 Å². The Kier molecular flexibility index (Phi) is 5.17. The standard InChI is InChI=1S/C14H16BrFN2O3/c15-11-4-9(5-12(16)6-11)7-17-14(21)18-3-1-2-10(8-18)13(19)20/h4-6,10H,1-3,7-8H2,(H,17,21)(H,19,20). The number of nitrogens with zero attached hydrogens (tertiary/aromatic N) is 1. The van der Waals surface area contributed by atoms with E-state index in [0.29, 0.717) is 29.4 Å². The minimum absolute atomic E-state index is 0.198. The van der Waals surface area contributed by atoms with Crippen molar-refractivity contribution in [1.82, 2.24) is 10.2 Å². The number of aliphatic carboxylic acids is 1. The summed E-state index contributed by atoms with van der Waals surface area (Å²) in [5.74, 6) is -1.76. The Morgan fingerprint density at radius 1 is 1.43 bits per heavy atom. The van der Waals surface area contributed by atoms with E-state index in [1.165, 1.54) is 17.0 Å². The van der Waals surface area contributed by atoms with E-state index in [0.717, 1.165) is 0 Å². The maximum atomic E-state index is 13.2. The highest BCUT2D eigenvalue weighted by Crippen LogP contribution is 2.17. The van der Waals surface area contributed by atoms with E-state index in [-0.39, 0.29) is 24.9 Å². The van der Waals surface area contributed by atoms with Crippen LogP contribution in [0.2, 0.25) is 0 Å². The molecule has 1 fully saturated rings. The van der Waals surface area contributed by atoms with Crippen molar-refractivity contribution >= 4 is 27.9 Å². The summed E-state index contributed by atoms with van der Waals surface area (Å²) in [5, 5.41) is 11.7. The summed E-state index contributed by atoms with van der Waals surface area (Å²) in [5.41, 5.74) is 0.641. The maximum absolute atomic E-state index is 13.2. The first-order chi connectivity index (χ1) is 9.95. The molecule has 7 heteroatoms. The fourth-order valence-electron chi connectivity index (χ4n) is 2.37. The lowest BCUT2D eigenvalue weighted by molar-refractivity contribution is -0.143. The molecule has 1 saturated heterocycles. The highest BCUT2D eigenvalue weighted by Gasteiger charge is 2.27. The van der Waals surface area contributed by atoms with E-state index in [1.54, 1.807) is 6.07 Å². The van der Waals surface area contributed by atoms with Crippen molar-refractivity contribution in [2.24, 2.45) is 5.92 Å². The smallest absolute Gasteiger partial charge is 0.317 e. The molecule has 114 valence electrons. The normalized spacial score (nSPS) is 18.4. The molecule has 21 heavy (non-hydrogen) atoms. The van der Waals surface area contributed by atoms with E-state index in [4.69, 9.17) is 5.11 Å². The van der Waals surface area contributed by atoms with Gasteiger partial charge < -0.3 is 15.3 Å². The van der Waals surface area contributed by atoms with Gasteiger partial charge in [0, 0.05) is 24.1 Å². The second-order valence-electron chi connectivity index (χ2n) is 5.06. The third-order valence-electron chi connectivity index (χ3n) is 3.42. The van der Waals surface area contributed by atoms with Crippen molar-refractivity contribution in [2.75, 3.05) is 13.1 Å². The number of piperidine rings is 1. The molecular formula is C14H16BrFN2O3. The SMILES string of the molecule is O=C(O)C1CCCN(C(=O)NCc2cc(F)cc(Br)c2)C1. The molecule has 1 aromatic rings. The molecule has 1 unspecified atom stereocenters. The predicted octanol–water partition coefficient (Wildman–Crippen LogP) is 2.59. The largest absolute Gasteiger partial charge is 0.481 e. The zero-order valence-electron chi connectivity index (χ0n) is 11.3. The van der Waals surface area contributed by atoms with Gasteiger partial charge >= 0.3 is 12.0 Å². The summed E-state index contributed by atoms with van der Waals surface area (Å²) in [4.78, 5) is 24.5. The molecule has 1 aromatic carbocycles. The molecule has 0 aliphatic carbocycles. The van der Waals surface area contributed by atoms with Crippen LogP contribution in [0.15, 0.2) is 22.7 Å². The monoisotopic (exact) mass is 358 g/mol. The Balaban J connectivity index is 1.90. The molecule has 0 radical (unpaired) electrons. The summed E-state index contributed by atoms with van der Waals surface area (Å²) in [6.07, 6.45) is 1.27. The topological polar surface area (TPSA) is 69.6 Å². The molecular weight excluding hydrogens is 343 g/mol. The maximum Gasteiger partial charge on any atom is 0.317 e. The molecule has 5 nitrogen and oxygen atoms in total. The predicted molar refractivity (Wildman–Crippen MR) is 78.3 cm³/mol. The lowest BCUT2D eigenvalue weighted by Crippen LogP contribution is -2.46. The summed E-state index contributed by atoms with van der Waals surface area (Å²) in [7, 11) is 0. The van der Waals surface area contributed by atoms with Gasteiger partial charge in [-0.25, -0.2) is 9.18 Å².